The van der Waals surface area contributed by atoms with E-state index in [1.165, 1.54) is 6.07 Å². The van der Waals surface area contributed by atoms with Gasteiger partial charge in [-0.15, -0.1) is 0 Å². The Morgan fingerprint density at radius 3 is 3.00 bits per heavy atom. The van der Waals surface area contributed by atoms with E-state index in [0.717, 1.165) is 31.3 Å². The number of likely N-dealkylation sites (tertiary alicyclic amines) is 1. The van der Waals surface area contributed by atoms with Crippen molar-refractivity contribution in [3.8, 4) is 0 Å². The Morgan fingerprint density at radius 2 is 2.26 bits per heavy atom. The Hall–Kier alpha value is -1.02. The summed E-state index contributed by atoms with van der Waals surface area (Å²) in [5.41, 5.74) is 0.966. The lowest BCUT2D eigenvalue weighted by Crippen LogP contribution is -2.44. The van der Waals surface area contributed by atoms with Crippen molar-refractivity contribution < 1.29 is 17.5 Å². The van der Waals surface area contributed by atoms with Crippen molar-refractivity contribution >= 4 is 10.0 Å². The van der Waals surface area contributed by atoms with E-state index in [1.54, 1.807) is 12.1 Å². The third-order valence-corrected chi connectivity index (χ3v) is 5.43. The smallest absolute Gasteiger partial charge is 0.208 e. The zero-order valence-corrected chi connectivity index (χ0v) is 14.1. The summed E-state index contributed by atoms with van der Waals surface area (Å²) in [6.07, 6.45) is 2.12. The van der Waals surface area contributed by atoms with E-state index in [4.69, 9.17) is 4.74 Å². The van der Waals surface area contributed by atoms with Crippen LogP contribution in [0.2, 0.25) is 0 Å². The molecule has 128 valence electrons. The fourth-order valence-corrected chi connectivity index (χ4v) is 4.05. The molecule has 0 unspecified atom stereocenters. The molecular weight excluding hydrogens is 319 g/mol. The van der Waals surface area contributed by atoms with Gasteiger partial charge in [-0.1, -0.05) is 12.1 Å². The molecule has 1 aromatic rings. The van der Waals surface area contributed by atoms with Gasteiger partial charge >= 0.3 is 0 Å². The first-order chi connectivity index (χ1) is 10.9. The van der Waals surface area contributed by atoms with E-state index in [1.807, 2.05) is 6.07 Å². The number of ether oxygens (including phenoxy) is 1. The largest absolute Gasteiger partial charge is 0.376 e. The second-order valence-electron chi connectivity index (χ2n) is 6.57. The molecule has 1 N–H and O–H groups in total. The van der Waals surface area contributed by atoms with Gasteiger partial charge in [-0.05, 0) is 36.6 Å². The summed E-state index contributed by atoms with van der Waals surface area (Å²) in [7, 11) is -3.20. The third-order valence-electron chi connectivity index (χ3n) is 4.73. The maximum Gasteiger partial charge on any atom is 0.208 e. The quantitative estimate of drug-likeness (QED) is 0.874. The van der Waals surface area contributed by atoms with E-state index in [-0.39, 0.29) is 11.9 Å². The molecule has 5 nitrogen and oxygen atoms in total. The molecule has 0 aromatic heterocycles. The zero-order valence-electron chi connectivity index (χ0n) is 13.2. The van der Waals surface area contributed by atoms with Crippen LogP contribution in [0.5, 0.6) is 0 Å². The molecule has 0 bridgehead atoms. The predicted octanol–water partition coefficient (Wildman–Crippen LogP) is 1.21. The molecule has 2 fully saturated rings. The monoisotopic (exact) mass is 342 g/mol. The second-order valence-corrected chi connectivity index (χ2v) is 8.40. The highest BCUT2D eigenvalue weighted by atomic mass is 32.2. The molecule has 7 heteroatoms. The average molecular weight is 342 g/mol. The van der Waals surface area contributed by atoms with Crippen LogP contribution in [-0.2, 0) is 21.3 Å². The molecule has 0 radical (unpaired) electrons. The van der Waals surface area contributed by atoms with Gasteiger partial charge in [0.1, 0.15) is 5.82 Å². The van der Waals surface area contributed by atoms with Gasteiger partial charge in [0, 0.05) is 25.6 Å². The fraction of sp³-hybridized carbons (Fsp3) is 0.625. The van der Waals surface area contributed by atoms with Crippen molar-refractivity contribution in [1.29, 1.82) is 0 Å². The Balaban J connectivity index is 1.60. The lowest BCUT2D eigenvalue weighted by molar-refractivity contribution is 0.0776. The Labute approximate surface area is 136 Å². The number of halogens is 1. The number of benzene rings is 1. The highest BCUT2D eigenvalue weighted by Gasteiger charge is 2.40. The van der Waals surface area contributed by atoms with E-state index in [0.29, 0.717) is 31.5 Å². The highest BCUT2D eigenvalue weighted by Crippen LogP contribution is 2.34. The topological polar surface area (TPSA) is 58.6 Å². The van der Waals surface area contributed by atoms with Gasteiger partial charge in [0.15, 0.2) is 0 Å². The Bertz CT molecular complexity index is 652. The van der Waals surface area contributed by atoms with Crippen molar-refractivity contribution in [2.24, 2.45) is 11.8 Å². The van der Waals surface area contributed by atoms with Crippen molar-refractivity contribution in [3.05, 3.63) is 35.6 Å². The summed E-state index contributed by atoms with van der Waals surface area (Å²) in [6, 6.07) is 6.69. The standard InChI is InChI=1S/C16H23FN2O3S/c1-23(20,21)18-8-16-15-10-19(6-5-13(15)11-22-16)9-12-3-2-4-14(17)7-12/h2-4,7,13,15-16,18H,5-6,8-11H2,1H3/t13-,15-,16+/m1/s1. The van der Waals surface area contributed by atoms with Gasteiger partial charge < -0.3 is 4.74 Å². The van der Waals surface area contributed by atoms with Gasteiger partial charge in [-0.3, -0.25) is 4.90 Å². The summed E-state index contributed by atoms with van der Waals surface area (Å²) >= 11 is 0. The fourth-order valence-electron chi connectivity index (χ4n) is 3.58. The number of hydrogen-bond acceptors (Lipinski definition) is 4. The summed E-state index contributed by atoms with van der Waals surface area (Å²) in [4.78, 5) is 2.30. The third kappa shape index (κ3) is 4.50. The van der Waals surface area contributed by atoms with Gasteiger partial charge in [0.2, 0.25) is 10.0 Å². The molecule has 0 spiro atoms. The predicted molar refractivity (Wildman–Crippen MR) is 85.9 cm³/mol. The number of fused-ring (bicyclic) bond motifs is 1. The van der Waals surface area contributed by atoms with Crippen LogP contribution in [0.4, 0.5) is 4.39 Å². The summed E-state index contributed by atoms with van der Waals surface area (Å²) in [5.74, 6) is 0.605. The molecule has 23 heavy (non-hydrogen) atoms. The normalized spacial score (nSPS) is 28.7. The number of sulfonamides is 1. The van der Waals surface area contributed by atoms with Crippen LogP contribution >= 0.6 is 0 Å². The van der Waals surface area contributed by atoms with Gasteiger partial charge in [0.05, 0.1) is 19.0 Å². The van der Waals surface area contributed by atoms with Crippen LogP contribution in [-0.4, -0.2) is 51.9 Å². The lowest BCUT2D eigenvalue weighted by Gasteiger charge is -2.36. The summed E-state index contributed by atoms with van der Waals surface area (Å²) in [5, 5.41) is 0. The molecule has 2 heterocycles. The maximum absolute atomic E-state index is 13.3. The molecule has 0 amide bonds. The minimum Gasteiger partial charge on any atom is -0.376 e. The van der Waals surface area contributed by atoms with Crippen LogP contribution in [0.15, 0.2) is 24.3 Å². The van der Waals surface area contributed by atoms with Gasteiger partial charge in [-0.2, -0.15) is 0 Å². The van der Waals surface area contributed by atoms with Gasteiger partial charge in [-0.25, -0.2) is 17.5 Å². The first-order valence-corrected chi connectivity index (χ1v) is 9.83. The van der Waals surface area contributed by atoms with Crippen LogP contribution in [0.1, 0.15) is 12.0 Å². The Morgan fingerprint density at radius 1 is 1.43 bits per heavy atom. The summed E-state index contributed by atoms with van der Waals surface area (Å²) in [6.45, 7) is 3.57. The Kier molecular flexibility index (Phi) is 5.01. The summed E-state index contributed by atoms with van der Waals surface area (Å²) < 4.78 is 44.2. The van der Waals surface area contributed by atoms with Crippen LogP contribution < -0.4 is 4.72 Å². The molecule has 2 aliphatic heterocycles. The number of rotatable bonds is 5. The molecule has 2 saturated heterocycles. The highest BCUT2D eigenvalue weighted by molar-refractivity contribution is 7.88. The lowest BCUT2D eigenvalue weighted by atomic mass is 9.84. The molecule has 3 rings (SSSR count). The number of nitrogens with zero attached hydrogens (tertiary/aromatic N) is 1. The number of hydrogen-bond donors (Lipinski definition) is 1. The first kappa shape index (κ1) is 16.8. The SMILES string of the molecule is CS(=O)(=O)NC[C@@H]1OC[C@H]2CCN(Cc3cccc(F)c3)C[C@H]21. The van der Waals surface area contributed by atoms with Crippen molar-refractivity contribution in [2.75, 3.05) is 32.5 Å². The molecular formula is C16H23FN2O3S. The second kappa shape index (κ2) is 6.84. The number of piperidine rings is 1. The molecule has 0 aliphatic carbocycles. The van der Waals surface area contributed by atoms with E-state index >= 15 is 0 Å². The minimum absolute atomic E-state index is 0.0787. The molecule has 0 saturated carbocycles. The van der Waals surface area contributed by atoms with E-state index < -0.39 is 10.0 Å². The van der Waals surface area contributed by atoms with Crippen molar-refractivity contribution in [1.82, 2.24) is 9.62 Å². The van der Waals surface area contributed by atoms with Crippen LogP contribution in [0.25, 0.3) is 0 Å². The zero-order chi connectivity index (χ0) is 16.4. The van der Waals surface area contributed by atoms with Crippen LogP contribution in [0, 0.1) is 17.7 Å². The maximum atomic E-state index is 13.3. The molecule has 3 atom stereocenters. The molecule has 2 aliphatic rings. The molecule has 1 aromatic carbocycles. The van der Waals surface area contributed by atoms with Gasteiger partial charge in [0.25, 0.3) is 0 Å². The minimum atomic E-state index is -3.20. The first-order valence-electron chi connectivity index (χ1n) is 7.94. The average Bonchev–Trinajstić information content (AvgIpc) is 2.87. The van der Waals surface area contributed by atoms with E-state index in [9.17, 15) is 12.8 Å². The van der Waals surface area contributed by atoms with Crippen molar-refractivity contribution in [2.45, 2.75) is 19.1 Å². The van der Waals surface area contributed by atoms with E-state index in [2.05, 4.69) is 9.62 Å². The van der Waals surface area contributed by atoms with Crippen molar-refractivity contribution in [3.63, 3.8) is 0 Å². The number of nitrogens with one attached hydrogen (secondary N) is 1. The van der Waals surface area contributed by atoms with Crippen LogP contribution in [0.3, 0.4) is 0 Å².